The van der Waals surface area contributed by atoms with E-state index in [9.17, 15) is 8.42 Å². The fourth-order valence-corrected chi connectivity index (χ4v) is 4.33. The van der Waals surface area contributed by atoms with Gasteiger partial charge in [0.1, 0.15) is 0 Å². The molecule has 2 aliphatic heterocycles. The van der Waals surface area contributed by atoms with Gasteiger partial charge in [0, 0.05) is 44.9 Å². The molecule has 2 heterocycles. The second-order valence-corrected chi connectivity index (χ2v) is 7.99. The van der Waals surface area contributed by atoms with Gasteiger partial charge in [-0.2, -0.15) is 0 Å². The van der Waals surface area contributed by atoms with Crippen molar-refractivity contribution in [1.29, 1.82) is 0 Å². The van der Waals surface area contributed by atoms with Crippen molar-refractivity contribution < 1.29 is 17.9 Å². The average Bonchev–Trinajstić information content (AvgIpc) is 2.80. The Balaban J connectivity index is 0.00000243. The van der Waals surface area contributed by atoms with E-state index in [4.69, 9.17) is 9.47 Å². The van der Waals surface area contributed by atoms with E-state index in [1.165, 1.54) is 4.31 Å². The number of hydrogen-bond donors (Lipinski definition) is 2. The number of anilines is 1. The number of nitrogens with one attached hydrogen (secondary N) is 2. The maximum absolute atomic E-state index is 11.8. The molecule has 1 aromatic rings. The number of benzene rings is 1. The van der Waals surface area contributed by atoms with Gasteiger partial charge < -0.3 is 20.1 Å². The van der Waals surface area contributed by atoms with Crippen molar-refractivity contribution in [1.82, 2.24) is 9.62 Å². The summed E-state index contributed by atoms with van der Waals surface area (Å²) in [5.74, 6) is 2.27. The monoisotopic (exact) mass is 496 g/mol. The van der Waals surface area contributed by atoms with E-state index in [0.717, 1.165) is 17.9 Å². The first kappa shape index (κ1) is 21.0. The number of aliphatic imine (C=N–C) groups is 1. The molecule has 0 unspecified atom stereocenters. The predicted octanol–water partition coefficient (Wildman–Crippen LogP) is 1.49. The number of hydrogen-bond acceptors (Lipinski definition) is 5. The van der Waals surface area contributed by atoms with E-state index >= 15 is 0 Å². The van der Waals surface area contributed by atoms with Gasteiger partial charge in [0.25, 0.3) is 0 Å². The van der Waals surface area contributed by atoms with Crippen LogP contribution in [0.1, 0.15) is 12.8 Å². The third kappa shape index (κ3) is 5.36. The fourth-order valence-electron chi connectivity index (χ4n) is 2.80. The van der Waals surface area contributed by atoms with E-state index < -0.39 is 10.0 Å². The quantitative estimate of drug-likeness (QED) is 0.373. The van der Waals surface area contributed by atoms with Crippen molar-refractivity contribution in [3.05, 3.63) is 18.2 Å². The van der Waals surface area contributed by atoms with E-state index in [0.29, 0.717) is 51.0 Å². The molecule has 2 N–H and O–H groups in total. The molecule has 0 amide bonds. The van der Waals surface area contributed by atoms with Gasteiger partial charge >= 0.3 is 0 Å². The molecule has 8 nitrogen and oxygen atoms in total. The third-order valence-electron chi connectivity index (χ3n) is 4.09. The zero-order valence-corrected chi connectivity index (χ0v) is 17.9. The highest BCUT2D eigenvalue weighted by Crippen LogP contribution is 2.32. The number of rotatable bonds is 4. The number of ether oxygens (including phenoxy) is 2. The smallest absolute Gasteiger partial charge is 0.214 e. The minimum Gasteiger partial charge on any atom is -0.490 e. The lowest BCUT2D eigenvalue weighted by Gasteiger charge is -2.17. The maximum Gasteiger partial charge on any atom is 0.214 e. The Labute approximate surface area is 171 Å². The molecule has 1 fully saturated rings. The lowest BCUT2D eigenvalue weighted by molar-refractivity contribution is 0.297. The van der Waals surface area contributed by atoms with E-state index in [2.05, 4.69) is 15.6 Å². The van der Waals surface area contributed by atoms with E-state index in [1.54, 1.807) is 7.05 Å². The number of nitrogens with zero attached hydrogens (tertiary/aromatic N) is 2. The molecule has 0 aromatic heterocycles. The Morgan fingerprint density at radius 2 is 2.00 bits per heavy atom. The number of guanidine groups is 1. The minimum absolute atomic E-state index is 0. The largest absolute Gasteiger partial charge is 0.490 e. The second kappa shape index (κ2) is 9.60. The Bertz CT molecular complexity index is 742. The zero-order valence-electron chi connectivity index (χ0n) is 14.7. The van der Waals surface area contributed by atoms with Crippen molar-refractivity contribution in [3.63, 3.8) is 0 Å². The summed E-state index contributed by atoms with van der Waals surface area (Å²) in [5, 5.41) is 6.32. The van der Waals surface area contributed by atoms with Crippen LogP contribution < -0.4 is 20.1 Å². The Hall–Kier alpha value is -1.27. The lowest BCUT2D eigenvalue weighted by atomic mass is 10.3. The van der Waals surface area contributed by atoms with Gasteiger partial charge in [-0.25, -0.2) is 12.7 Å². The summed E-state index contributed by atoms with van der Waals surface area (Å²) in [4.78, 5) is 4.17. The Morgan fingerprint density at radius 1 is 1.23 bits per heavy atom. The molecule has 0 saturated carbocycles. The highest BCUT2D eigenvalue weighted by atomic mass is 127. The van der Waals surface area contributed by atoms with Gasteiger partial charge in [0.2, 0.25) is 10.0 Å². The first-order valence-electron chi connectivity index (χ1n) is 8.44. The normalized spacial score (nSPS) is 19.3. The van der Waals surface area contributed by atoms with Crippen molar-refractivity contribution in [2.75, 3.05) is 51.0 Å². The van der Waals surface area contributed by atoms with Gasteiger partial charge in [0.15, 0.2) is 17.5 Å². The van der Waals surface area contributed by atoms with Crippen LogP contribution in [0.15, 0.2) is 23.2 Å². The summed E-state index contributed by atoms with van der Waals surface area (Å²) < 4.78 is 36.4. The van der Waals surface area contributed by atoms with Gasteiger partial charge in [0.05, 0.1) is 19.0 Å². The molecule has 26 heavy (non-hydrogen) atoms. The van der Waals surface area contributed by atoms with Crippen LogP contribution in [0.5, 0.6) is 11.5 Å². The molecule has 146 valence electrons. The average molecular weight is 496 g/mol. The first-order chi connectivity index (χ1) is 12.1. The lowest BCUT2D eigenvalue weighted by Crippen LogP contribution is -2.38. The second-order valence-electron chi connectivity index (χ2n) is 5.90. The van der Waals surface area contributed by atoms with Crippen molar-refractivity contribution >= 4 is 45.6 Å². The van der Waals surface area contributed by atoms with Crippen LogP contribution in [0, 0.1) is 0 Å². The summed E-state index contributed by atoms with van der Waals surface area (Å²) in [6.07, 6.45) is 1.56. The zero-order chi connectivity index (χ0) is 17.7. The summed E-state index contributed by atoms with van der Waals surface area (Å²) >= 11 is 0. The Kier molecular flexibility index (Phi) is 7.77. The van der Waals surface area contributed by atoms with Crippen molar-refractivity contribution in [2.45, 2.75) is 12.8 Å². The first-order valence-corrected chi connectivity index (χ1v) is 10.0. The number of sulfonamides is 1. The molecule has 0 radical (unpaired) electrons. The number of fused-ring (bicyclic) bond motifs is 1. The van der Waals surface area contributed by atoms with Crippen LogP contribution in [0.2, 0.25) is 0 Å². The molecule has 0 aliphatic carbocycles. The summed E-state index contributed by atoms with van der Waals surface area (Å²) in [5.41, 5.74) is 0.825. The molecule has 1 saturated heterocycles. The van der Waals surface area contributed by atoms with Gasteiger partial charge in [-0.05, 0) is 18.6 Å². The van der Waals surface area contributed by atoms with Crippen LogP contribution >= 0.6 is 24.0 Å². The third-order valence-corrected chi connectivity index (χ3v) is 6.05. The van der Waals surface area contributed by atoms with Crippen LogP contribution in [-0.4, -0.2) is 64.3 Å². The fraction of sp³-hybridized carbons (Fsp3) is 0.562. The molecule has 0 atom stereocenters. The molecular weight excluding hydrogens is 471 g/mol. The standard InChI is InChI=1S/C16H24N4O4S.HI/c1-17-16(18-6-8-20-7-2-11-25(20,21)22)19-13-4-5-14-15(12-13)24-10-3-9-23-14;/h4-5,12H,2-3,6-11H2,1H3,(H2,17,18,19);1H. The van der Waals surface area contributed by atoms with Crippen LogP contribution in [-0.2, 0) is 10.0 Å². The van der Waals surface area contributed by atoms with Crippen LogP contribution in [0.3, 0.4) is 0 Å². The highest BCUT2D eigenvalue weighted by molar-refractivity contribution is 14.0. The van der Waals surface area contributed by atoms with Crippen molar-refractivity contribution in [2.24, 2.45) is 4.99 Å². The summed E-state index contributed by atoms with van der Waals surface area (Å²) in [7, 11) is -1.39. The highest BCUT2D eigenvalue weighted by Gasteiger charge is 2.27. The van der Waals surface area contributed by atoms with Gasteiger partial charge in [-0.15, -0.1) is 24.0 Å². The minimum atomic E-state index is -3.06. The molecule has 3 rings (SSSR count). The molecular formula is C16H25IN4O4S. The maximum atomic E-state index is 11.8. The van der Waals surface area contributed by atoms with E-state index in [1.807, 2.05) is 18.2 Å². The summed E-state index contributed by atoms with van der Waals surface area (Å²) in [6.45, 7) is 2.81. The molecule has 1 aromatic carbocycles. The molecule has 2 aliphatic rings. The van der Waals surface area contributed by atoms with Gasteiger partial charge in [-0.3, -0.25) is 4.99 Å². The van der Waals surface area contributed by atoms with Crippen LogP contribution in [0.4, 0.5) is 5.69 Å². The van der Waals surface area contributed by atoms with Crippen molar-refractivity contribution in [3.8, 4) is 11.5 Å². The predicted molar refractivity (Wildman–Crippen MR) is 112 cm³/mol. The van der Waals surface area contributed by atoms with Gasteiger partial charge in [-0.1, -0.05) is 0 Å². The molecule has 0 spiro atoms. The molecule has 10 heteroatoms. The molecule has 0 bridgehead atoms. The number of halogens is 1. The van der Waals surface area contributed by atoms with Crippen LogP contribution in [0.25, 0.3) is 0 Å². The summed E-state index contributed by atoms with van der Waals surface area (Å²) in [6, 6.07) is 5.64. The van der Waals surface area contributed by atoms with E-state index in [-0.39, 0.29) is 29.7 Å². The Morgan fingerprint density at radius 3 is 2.69 bits per heavy atom. The SMILES string of the molecule is CN=C(NCCN1CCCS1(=O)=O)Nc1ccc2c(c1)OCCCO2.I. The topological polar surface area (TPSA) is 92.3 Å².